The standard InChI is InChI=1S/C23H20ClN3S/c1-16-7-13-21(14-8-16)27-22(18-9-11-20(24)12-10-18)25-26-23(27)28-15-19-6-4-3-5-17(19)2/h3-14H,15H2,1-2H3. The Morgan fingerprint density at radius 3 is 2.29 bits per heavy atom. The molecule has 4 rings (SSSR count). The van der Waals surface area contributed by atoms with E-state index >= 15 is 0 Å². The summed E-state index contributed by atoms with van der Waals surface area (Å²) in [5, 5.41) is 10.6. The lowest BCUT2D eigenvalue weighted by atomic mass is 10.1. The van der Waals surface area contributed by atoms with Crippen LogP contribution >= 0.6 is 23.4 Å². The van der Waals surface area contributed by atoms with Crippen molar-refractivity contribution in [2.45, 2.75) is 24.8 Å². The monoisotopic (exact) mass is 405 g/mol. The van der Waals surface area contributed by atoms with Gasteiger partial charge in [-0.05, 0) is 61.4 Å². The van der Waals surface area contributed by atoms with Crippen molar-refractivity contribution in [1.29, 1.82) is 0 Å². The lowest BCUT2D eigenvalue weighted by Crippen LogP contribution is -2.00. The molecule has 1 heterocycles. The Morgan fingerprint density at radius 2 is 1.57 bits per heavy atom. The molecule has 4 aromatic rings. The van der Waals surface area contributed by atoms with Crippen molar-refractivity contribution >= 4 is 23.4 Å². The van der Waals surface area contributed by atoms with Crippen LogP contribution in [0.1, 0.15) is 16.7 Å². The summed E-state index contributed by atoms with van der Waals surface area (Å²) in [7, 11) is 0. The smallest absolute Gasteiger partial charge is 0.196 e. The van der Waals surface area contributed by atoms with Gasteiger partial charge in [0.25, 0.3) is 0 Å². The van der Waals surface area contributed by atoms with E-state index in [-0.39, 0.29) is 0 Å². The van der Waals surface area contributed by atoms with Crippen molar-refractivity contribution in [3.63, 3.8) is 0 Å². The number of benzene rings is 3. The van der Waals surface area contributed by atoms with Crippen LogP contribution in [0, 0.1) is 13.8 Å². The quantitative estimate of drug-likeness (QED) is 0.355. The molecule has 3 nitrogen and oxygen atoms in total. The Balaban J connectivity index is 1.74. The molecule has 1 aromatic heterocycles. The summed E-state index contributed by atoms with van der Waals surface area (Å²) >= 11 is 7.76. The van der Waals surface area contributed by atoms with E-state index in [1.165, 1.54) is 16.7 Å². The maximum absolute atomic E-state index is 6.06. The highest BCUT2D eigenvalue weighted by molar-refractivity contribution is 7.98. The normalized spacial score (nSPS) is 11.0. The molecule has 0 amide bonds. The second kappa shape index (κ2) is 8.21. The first-order valence-corrected chi connectivity index (χ1v) is 10.4. The van der Waals surface area contributed by atoms with E-state index in [1.54, 1.807) is 11.8 Å². The van der Waals surface area contributed by atoms with Crippen molar-refractivity contribution in [2.75, 3.05) is 0 Å². The molecule has 28 heavy (non-hydrogen) atoms. The molecule has 0 N–H and O–H groups in total. The molecule has 5 heteroatoms. The first-order chi connectivity index (χ1) is 13.6. The van der Waals surface area contributed by atoms with Gasteiger partial charge < -0.3 is 0 Å². The molecule has 0 spiro atoms. The van der Waals surface area contributed by atoms with Gasteiger partial charge in [0.2, 0.25) is 0 Å². The van der Waals surface area contributed by atoms with Gasteiger partial charge in [0.05, 0.1) is 0 Å². The summed E-state index contributed by atoms with van der Waals surface area (Å²) in [5.74, 6) is 1.66. The molecule has 0 atom stereocenters. The van der Waals surface area contributed by atoms with Crippen molar-refractivity contribution < 1.29 is 0 Å². The summed E-state index contributed by atoms with van der Waals surface area (Å²) in [6.07, 6.45) is 0. The van der Waals surface area contributed by atoms with Crippen molar-refractivity contribution in [3.8, 4) is 17.1 Å². The summed E-state index contributed by atoms with van der Waals surface area (Å²) < 4.78 is 2.12. The molecule has 0 fully saturated rings. The maximum Gasteiger partial charge on any atom is 0.196 e. The van der Waals surface area contributed by atoms with E-state index in [0.29, 0.717) is 5.02 Å². The number of halogens is 1. The van der Waals surface area contributed by atoms with Gasteiger partial charge in [-0.2, -0.15) is 0 Å². The topological polar surface area (TPSA) is 30.7 Å². The third kappa shape index (κ3) is 3.98. The first-order valence-electron chi connectivity index (χ1n) is 9.07. The molecule has 0 bridgehead atoms. The maximum atomic E-state index is 6.06. The van der Waals surface area contributed by atoms with Gasteiger partial charge in [-0.15, -0.1) is 10.2 Å². The van der Waals surface area contributed by atoms with Crippen LogP contribution < -0.4 is 0 Å². The second-order valence-electron chi connectivity index (χ2n) is 6.70. The zero-order valence-corrected chi connectivity index (χ0v) is 17.3. The molecule has 0 aliphatic rings. The van der Waals surface area contributed by atoms with E-state index < -0.39 is 0 Å². The minimum atomic E-state index is 0.708. The minimum Gasteiger partial charge on any atom is -0.270 e. The van der Waals surface area contributed by atoms with E-state index in [2.05, 4.69) is 77.1 Å². The summed E-state index contributed by atoms with van der Waals surface area (Å²) in [4.78, 5) is 0. The van der Waals surface area contributed by atoms with E-state index in [9.17, 15) is 0 Å². The molecule has 0 saturated carbocycles. The fourth-order valence-corrected chi connectivity index (χ4v) is 4.14. The fourth-order valence-electron chi connectivity index (χ4n) is 2.99. The number of aromatic nitrogens is 3. The van der Waals surface area contributed by atoms with Crippen LogP contribution in [-0.2, 0) is 5.75 Å². The SMILES string of the molecule is Cc1ccc(-n2c(SCc3ccccc3C)nnc2-c2ccc(Cl)cc2)cc1. The Labute approximate surface area is 174 Å². The Hall–Kier alpha value is -2.56. The zero-order chi connectivity index (χ0) is 19.5. The van der Waals surface area contributed by atoms with Gasteiger partial charge in [-0.3, -0.25) is 4.57 Å². The third-order valence-electron chi connectivity index (χ3n) is 4.65. The van der Waals surface area contributed by atoms with Crippen LogP contribution in [0.25, 0.3) is 17.1 Å². The molecule has 0 unspecified atom stereocenters. The first kappa shape index (κ1) is 18.8. The Kier molecular flexibility index (Phi) is 5.51. The highest BCUT2D eigenvalue weighted by atomic mass is 35.5. The summed E-state index contributed by atoms with van der Waals surface area (Å²) in [6, 6.07) is 24.6. The Bertz CT molecular complexity index is 1090. The van der Waals surface area contributed by atoms with Crippen LogP contribution in [0.5, 0.6) is 0 Å². The highest BCUT2D eigenvalue weighted by Gasteiger charge is 2.16. The van der Waals surface area contributed by atoms with Crippen LogP contribution in [-0.4, -0.2) is 14.8 Å². The predicted molar refractivity (Wildman–Crippen MR) is 117 cm³/mol. The molecule has 0 radical (unpaired) electrons. The van der Waals surface area contributed by atoms with E-state index in [4.69, 9.17) is 11.6 Å². The van der Waals surface area contributed by atoms with Gasteiger partial charge in [-0.25, -0.2) is 0 Å². The third-order valence-corrected chi connectivity index (χ3v) is 5.88. The number of rotatable bonds is 5. The van der Waals surface area contributed by atoms with Crippen LogP contribution in [0.4, 0.5) is 0 Å². The molecular formula is C23H20ClN3S. The second-order valence-corrected chi connectivity index (χ2v) is 8.08. The van der Waals surface area contributed by atoms with Gasteiger partial charge in [0.15, 0.2) is 11.0 Å². The number of hydrogen-bond donors (Lipinski definition) is 0. The lowest BCUT2D eigenvalue weighted by molar-refractivity contribution is 0.885. The lowest BCUT2D eigenvalue weighted by Gasteiger charge is -2.11. The average Bonchev–Trinajstić information content (AvgIpc) is 3.12. The van der Waals surface area contributed by atoms with Crippen molar-refractivity contribution in [2.24, 2.45) is 0 Å². The zero-order valence-electron chi connectivity index (χ0n) is 15.8. The number of thioether (sulfide) groups is 1. The van der Waals surface area contributed by atoms with Gasteiger partial charge in [0.1, 0.15) is 0 Å². The number of aryl methyl sites for hydroxylation is 2. The molecule has 3 aromatic carbocycles. The molecule has 140 valence electrons. The van der Waals surface area contributed by atoms with Crippen molar-refractivity contribution in [3.05, 3.63) is 94.5 Å². The van der Waals surface area contributed by atoms with E-state index in [1.807, 2.05) is 24.3 Å². The van der Waals surface area contributed by atoms with Crippen LogP contribution in [0.2, 0.25) is 5.02 Å². The molecule has 0 saturated heterocycles. The van der Waals surface area contributed by atoms with Gasteiger partial charge in [0, 0.05) is 22.0 Å². The summed E-state index contributed by atoms with van der Waals surface area (Å²) in [5.41, 5.74) is 5.85. The molecule has 0 aliphatic heterocycles. The van der Waals surface area contributed by atoms with Crippen LogP contribution in [0.3, 0.4) is 0 Å². The van der Waals surface area contributed by atoms with Crippen LogP contribution in [0.15, 0.2) is 78.0 Å². The average molecular weight is 406 g/mol. The number of nitrogens with zero attached hydrogens (tertiary/aromatic N) is 3. The van der Waals surface area contributed by atoms with Gasteiger partial charge >= 0.3 is 0 Å². The van der Waals surface area contributed by atoms with Gasteiger partial charge in [-0.1, -0.05) is 65.3 Å². The minimum absolute atomic E-state index is 0.708. The predicted octanol–water partition coefficient (Wildman–Crippen LogP) is 6.50. The van der Waals surface area contributed by atoms with E-state index in [0.717, 1.165) is 28.0 Å². The summed E-state index contributed by atoms with van der Waals surface area (Å²) in [6.45, 7) is 4.23. The largest absolute Gasteiger partial charge is 0.270 e. The highest BCUT2D eigenvalue weighted by Crippen LogP contribution is 2.31. The molecule has 0 aliphatic carbocycles. The Morgan fingerprint density at radius 1 is 0.857 bits per heavy atom. The molecular weight excluding hydrogens is 386 g/mol. The number of hydrogen-bond acceptors (Lipinski definition) is 3. The fraction of sp³-hybridized carbons (Fsp3) is 0.130. The van der Waals surface area contributed by atoms with Crippen molar-refractivity contribution in [1.82, 2.24) is 14.8 Å².